The van der Waals surface area contributed by atoms with Crippen LogP contribution in [0.25, 0.3) is 10.9 Å². The van der Waals surface area contributed by atoms with E-state index in [-0.39, 0.29) is 0 Å². The number of morpholine rings is 1. The zero-order valence-corrected chi connectivity index (χ0v) is 16.8. The van der Waals surface area contributed by atoms with E-state index < -0.39 is 0 Å². The third kappa shape index (κ3) is 3.96. The number of nitriles is 1. The molecule has 1 saturated heterocycles. The molecule has 0 spiro atoms. The van der Waals surface area contributed by atoms with Crippen molar-refractivity contribution in [3.05, 3.63) is 30.1 Å². The number of anilines is 1. The number of rotatable bonds is 4. The maximum Gasteiger partial charge on any atom is 0.137 e. The van der Waals surface area contributed by atoms with Crippen molar-refractivity contribution >= 4 is 16.7 Å². The Labute approximate surface area is 166 Å². The third-order valence-corrected chi connectivity index (χ3v) is 6.25. The van der Waals surface area contributed by atoms with Crippen LogP contribution in [0, 0.1) is 17.2 Å². The molecule has 2 heterocycles. The molecule has 1 N–H and O–H groups in total. The highest BCUT2D eigenvalue weighted by Crippen LogP contribution is 2.30. The average molecular weight is 380 g/mol. The second-order valence-electron chi connectivity index (χ2n) is 8.34. The number of ether oxygens (including phenoxy) is 1. The van der Waals surface area contributed by atoms with E-state index >= 15 is 0 Å². The quantitative estimate of drug-likeness (QED) is 0.875. The summed E-state index contributed by atoms with van der Waals surface area (Å²) in [6.45, 7) is 7.38. The lowest BCUT2D eigenvalue weighted by Gasteiger charge is -2.45. The van der Waals surface area contributed by atoms with Crippen LogP contribution in [0.4, 0.5) is 5.82 Å². The van der Waals surface area contributed by atoms with Crippen LogP contribution in [0.15, 0.2) is 24.5 Å². The highest BCUT2D eigenvalue weighted by atomic mass is 16.5. The minimum atomic E-state index is 0.415. The van der Waals surface area contributed by atoms with Gasteiger partial charge in [-0.05, 0) is 49.8 Å². The van der Waals surface area contributed by atoms with Crippen molar-refractivity contribution in [2.45, 2.75) is 57.7 Å². The van der Waals surface area contributed by atoms with Crippen LogP contribution in [0.2, 0.25) is 0 Å². The summed E-state index contributed by atoms with van der Waals surface area (Å²) in [7, 11) is 0. The predicted octanol–water partition coefficient (Wildman–Crippen LogP) is 3.58. The summed E-state index contributed by atoms with van der Waals surface area (Å²) in [6.07, 6.45) is 6.27. The highest BCUT2D eigenvalue weighted by Gasteiger charge is 2.33. The van der Waals surface area contributed by atoms with Crippen molar-refractivity contribution in [1.82, 2.24) is 14.9 Å². The van der Waals surface area contributed by atoms with Gasteiger partial charge in [0.1, 0.15) is 12.1 Å². The molecule has 0 amide bonds. The number of hydrogen-bond donors (Lipinski definition) is 1. The molecule has 2 aliphatic rings. The number of benzene rings is 1. The largest absolute Gasteiger partial charge is 0.378 e. The molecule has 1 aromatic heterocycles. The number of nitrogens with one attached hydrogen (secondary N) is 1. The molecule has 1 aliphatic carbocycles. The lowest BCUT2D eigenvalue weighted by molar-refractivity contribution is -0.0521. The van der Waals surface area contributed by atoms with Gasteiger partial charge in [-0.1, -0.05) is 13.8 Å². The van der Waals surface area contributed by atoms with E-state index in [0.29, 0.717) is 29.6 Å². The normalized spacial score (nSPS) is 26.3. The molecule has 148 valence electrons. The number of aromatic nitrogens is 2. The SMILES string of the molecule is CC(C)[C@@H]1COCCN1[C@H]1CC[C@H](Nc2ncnc3ccc(C#N)cc23)CC1. The molecule has 4 rings (SSSR count). The van der Waals surface area contributed by atoms with Crippen molar-refractivity contribution in [2.24, 2.45) is 5.92 Å². The molecule has 28 heavy (non-hydrogen) atoms. The van der Waals surface area contributed by atoms with Crippen LogP contribution >= 0.6 is 0 Å². The smallest absolute Gasteiger partial charge is 0.137 e. The lowest BCUT2D eigenvalue weighted by atomic mass is 9.87. The minimum absolute atomic E-state index is 0.415. The Morgan fingerprint density at radius 3 is 2.79 bits per heavy atom. The van der Waals surface area contributed by atoms with Gasteiger partial charge in [0.15, 0.2) is 0 Å². The Hall–Kier alpha value is -2.23. The summed E-state index contributed by atoms with van der Waals surface area (Å²) in [5.74, 6) is 1.47. The fourth-order valence-electron chi connectivity index (χ4n) is 4.65. The Balaban J connectivity index is 1.42. The van der Waals surface area contributed by atoms with Gasteiger partial charge in [-0.3, -0.25) is 4.90 Å². The molecule has 1 aromatic carbocycles. The minimum Gasteiger partial charge on any atom is -0.378 e. The molecule has 6 nitrogen and oxygen atoms in total. The van der Waals surface area contributed by atoms with Crippen LogP contribution in [0.5, 0.6) is 0 Å². The van der Waals surface area contributed by atoms with E-state index in [4.69, 9.17) is 4.74 Å². The first-order valence-electron chi connectivity index (χ1n) is 10.4. The molecule has 2 aromatic rings. The van der Waals surface area contributed by atoms with Crippen LogP contribution in [-0.2, 0) is 4.74 Å². The lowest BCUT2D eigenvalue weighted by Crippen LogP contribution is -2.54. The molecule has 1 saturated carbocycles. The van der Waals surface area contributed by atoms with Crippen LogP contribution in [-0.4, -0.2) is 52.8 Å². The Morgan fingerprint density at radius 1 is 1.21 bits per heavy atom. The van der Waals surface area contributed by atoms with E-state index in [9.17, 15) is 5.26 Å². The van der Waals surface area contributed by atoms with Crippen molar-refractivity contribution in [1.29, 1.82) is 5.26 Å². The van der Waals surface area contributed by atoms with Gasteiger partial charge in [0.05, 0.1) is 30.4 Å². The second kappa shape index (κ2) is 8.42. The third-order valence-electron chi connectivity index (χ3n) is 6.25. The molecular weight excluding hydrogens is 350 g/mol. The van der Waals surface area contributed by atoms with Crippen LogP contribution in [0.3, 0.4) is 0 Å². The first kappa shape index (κ1) is 19.1. The standard InChI is InChI=1S/C22H29N5O/c1-15(2)21-13-28-10-9-27(21)18-6-4-17(5-7-18)26-22-19-11-16(12-23)3-8-20(19)24-14-25-22/h3,8,11,14-15,17-18,21H,4-7,9-10,13H2,1-2H3,(H,24,25,26)/t17-,18-,21-/m0/s1. The van der Waals surface area contributed by atoms with E-state index in [1.165, 1.54) is 12.8 Å². The van der Waals surface area contributed by atoms with Crippen molar-refractivity contribution in [3.8, 4) is 6.07 Å². The Morgan fingerprint density at radius 2 is 2.04 bits per heavy atom. The van der Waals surface area contributed by atoms with Gasteiger partial charge in [0.2, 0.25) is 0 Å². The predicted molar refractivity (Wildman–Crippen MR) is 110 cm³/mol. The van der Waals surface area contributed by atoms with Crippen molar-refractivity contribution < 1.29 is 4.74 Å². The van der Waals surface area contributed by atoms with Gasteiger partial charge >= 0.3 is 0 Å². The van der Waals surface area contributed by atoms with Crippen LogP contribution in [0.1, 0.15) is 45.1 Å². The number of fused-ring (bicyclic) bond motifs is 1. The summed E-state index contributed by atoms with van der Waals surface area (Å²) in [4.78, 5) is 11.5. The van der Waals surface area contributed by atoms with Gasteiger partial charge < -0.3 is 10.1 Å². The molecule has 6 heteroatoms. The second-order valence-corrected chi connectivity index (χ2v) is 8.34. The molecule has 0 radical (unpaired) electrons. The Kier molecular flexibility index (Phi) is 5.74. The Bertz CT molecular complexity index is 854. The van der Waals surface area contributed by atoms with Gasteiger partial charge in [-0.25, -0.2) is 9.97 Å². The summed E-state index contributed by atoms with van der Waals surface area (Å²) in [5.41, 5.74) is 1.51. The summed E-state index contributed by atoms with van der Waals surface area (Å²) in [5, 5.41) is 13.8. The van der Waals surface area contributed by atoms with E-state index in [1.807, 2.05) is 12.1 Å². The van der Waals surface area contributed by atoms with E-state index in [1.54, 1.807) is 12.4 Å². The summed E-state index contributed by atoms with van der Waals surface area (Å²) < 4.78 is 5.73. The summed E-state index contributed by atoms with van der Waals surface area (Å²) >= 11 is 0. The monoisotopic (exact) mass is 379 g/mol. The number of nitrogens with zero attached hydrogens (tertiary/aromatic N) is 4. The van der Waals surface area contributed by atoms with Gasteiger partial charge in [-0.2, -0.15) is 5.26 Å². The molecule has 2 fully saturated rings. The van der Waals surface area contributed by atoms with E-state index in [2.05, 4.69) is 40.1 Å². The molecular formula is C22H29N5O. The molecule has 1 atom stereocenters. The van der Waals surface area contributed by atoms with Gasteiger partial charge in [0.25, 0.3) is 0 Å². The maximum absolute atomic E-state index is 9.20. The van der Waals surface area contributed by atoms with Gasteiger partial charge in [0, 0.05) is 30.1 Å². The molecule has 0 bridgehead atoms. The van der Waals surface area contributed by atoms with Crippen molar-refractivity contribution in [3.63, 3.8) is 0 Å². The average Bonchev–Trinajstić information content (AvgIpc) is 2.74. The zero-order valence-electron chi connectivity index (χ0n) is 16.8. The fraction of sp³-hybridized carbons (Fsp3) is 0.591. The fourth-order valence-corrected chi connectivity index (χ4v) is 4.65. The van der Waals surface area contributed by atoms with Gasteiger partial charge in [-0.15, -0.1) is 0 Å². The zero-order chi connectivity index (χ0) is 19.5. The van der Waals surface area contributed by atoms with E-state index in [0.717, 1.165) is 49.3 Å². The highest BCUT2D eigenvalue weighted by molar-refractivity contribution is 5.89. The summed E-state index contributed by atoms with van der Waals surface area (Å²) in [6, 6.07) is 9.39. The van der Waals surface area contributed by atoms with Crippen molar-refractivity contribution in [2.75, 3.05) is 25.1 Å². The number of hydrogen-bond acceptors (Lipinski definition) is 6. The first-order valence-corrected chi connectivity index (χ1v) is 10.4. The molecule has 0 unspecified atom stereocenters. The molecule has 1 aliphatic heterocycles. The maximum atomic E-state index is 9.20. The first-order chi connectivity index (χ1) is 13.7. The topological polar surface area (TPSA) is 74.1 Å². The van der Waals surface area contributed by atoms with Crippen LogP contribution < -0.4 is 5.32 Å².